The minimum atomic E-state index is -3.22. The fourth-order valence-corrected chi connectivity index (χ4v) is 3.60. The Labute approximate surface area is 134 Å². The minimum absolute atomic E-state index is 0.220. The summed E-state index contributed by atoms with van der Waals surface area (Å²) in [5.41, 5.74) is 2.11. The number of aromatic nitrogens is 4. The molecule has 9 nitrogen and oxygen atoms in total. The Morgan fingerprint density at radius 2 is 2.13 bits per heavy atom. The van der Waals surface area contributed by atoms with Crippen LogP contribution in [0.25, 0.3) is 0 Å². The highest BCUT2D eigenvalue weighted by molar-refractivity contribution is 7.88. The van der Waals surface area contributed by atoms with Gasteiger partial charge in [-0.05, 0) is 20.3 Å². The van der Waals surface area contributed by atoms with Crippen LogP contribution in [0.2, 0.25) is 0 Å². The van der Waals surface area contributed by atoms with Gasteiger partial charge in [0.05, 0.1) is 24.5 Å². The molecular weight excluding hydrogens is 320 g/mol. The first kappa shape index (κ1) is 15.8. The highest BCUT2D eigenvalue weighted by Crippen LogP contribution is 2.34. The second-order valence-electron chi connectivity index (χ2n) is 5.55. The smallest absolute Gasteiger partial charge is 0.211 e. The van der Waals surface area contributed by atoms with E-state index in [4.69, 9.17) is 0 Å². The van der Waals surface area contributed by atoms with E-state index in [-0.39, 0.29) is 6.04 Å². The first-order valence-electron chi connectivity index (χ1n) is 7.19. The molecule has 0 radical (unpaired) electrons. The third-order valence-electron chi connectivity index (χ3n) is 3.78. The van der Waals surface area contributed by atoms with E-state index in [0.717, 1.165) is 6.42 Å². The quantitative estimate of drug-likeness (QED) is 0.851. The molecular formula is C13H18N6O3S. The second-order valence-corrected chi connectivity index (χ2v) is 7.49. The van der Waals surface area contributed by atoms with Crippen molar-refractivity contribution in [3.05, 3.63) is 29.0 Å². The number of hydrogen-bond donors (Lipinski definition) is 1. The molecule has 0 aromatic carbocycles. The monoisotopic (exact) mass is 338 g/mol. The molecule has 23 heavy (non-hydrogen) atoms. The molecule has 0 spiro atoms. The van der Waals surface area contributed by atoms with Crippen molar-refractivity contribution in [2.24, 2.45) is 0 Å². The van der Waals surface area contributed by atoms with Crippen LogP contribution in [0.4, 0.5) is 5.82 Å². The molecule has 1 saturated heterocycles. The van der Waals surface area contributed by atoms with Crippen LogP contribution in [-0.4, -0.2) is 45.8 Å². The highest BCUT2D eigenvalue weighted by atomic mass is 32.2. The Morgan fingerprint density at radius 3 is 2.70 bits per heavy atom. The van der Waals surface area contributed by atoms with Crippen LogP contribution < -0.4 is 5.32 Å². The summed E-state index contributed by atoms with van der Waals surface area (Å²) >= 11 is 0. The van der Waals surface area contributed by atoms with Crippen molar-refractivity contribution in [2.45, 2.75) is 32.9 Å². The zero-order valence-corrected chi connectivity index (χ0v) is 14.0. The maximum atomic E-state index is 11.7. The molecule has 1 aliphatic rings. The Kier molecular flexibility index (Phi) is 4.02. The van der Waals surface area contributed by atoms with Gasteiger partial charge in [-0.1, -0.05) is 10.3 Å². The lowest BCUT2D eigenvalue weighted by atomic mass is 10.0. The summed E-state index contributed by atoms with van der Waals surface area (Å²) in [5, 5.41) is 10.7. The van der Waals surface area contributed by atoms with Gasteiger partial charge in [0.15, 0.2) is 0 Å². The lowest BCUT2D eigenvalue weighted by molar-refractivity contribution is 0.199. The van der Waals surface area contributed by atoms with Gasteiger partial charge in [-0.3, -0.25) is 0 Å². The molecule has 2 aromatic rings. The van der Waals surface area contributed by atoms with Crippen LogP contribution in [0.5, 0.6) is 0 Å². The number of nitrogens with one attached hydrogen (secondary N) is 1. The maximum absolute atomic E-state index is 11.7. The van der Waals surface area contributed by atoms with E-state index in [1.54, 1.807) is 13.0 Å². The maximum Gasteiger partial charge on any atom is 0.211 e. The van der Waals surface area contributed by atoms with Crippen molar-refractivity contribution in [3.63, 3.8) is 0 Å². The first-order valence-corrected chi connectivity index (χ1v) is 9.04. The molecule has 1 atom stereocenters. The third-order valence-corrected chi connectivity index (χ3v) is 5.07. The van der Waals surface area contributed by atoms with Crippen LogP contribution in [0.15, 0.2) is 10.7 Å². The van der Waals surface area contributed by atoms with Crippen molar-refractivity contribution in [2.75, 3.05) is 18.1 Å². The van der Waals surface area contributed by atoms with Crippen molar-refractivity contribution in [3.8, 4) is 0 Å². The summed E-state index contributed by atoms with van der Waals surface area (Å²) in [4.78, 5) is 8.70. The second kappa shape index (κ2) is 5.85. The molecule has 1 fully saturated rings. The topological polar surface area (TPSA) is 114 Å². The molecule has 0 saturated carbocycles. The minimum Gasteiger partial charge on any atom is -0.364 e. The van der Waals surface area contributed by atoms with E-state index >= 15 is 0 Å². The molecule has 3 rings (SSSR count). The zero-order chi connectivity index (χ0) is 16.6. The summed E-state index contributed by atoms with van der Waals surface area (Å²) in [6, 6.07) is 1.56. The van der Waals surface area contributed by atoms with Gasteiger partial charge in [-0.2, -0.15) is 4.31 Å². The first-order chi connectivity index (χ1) is 10.8. The predicted octanol–water partition coefficient (Wildman–Crippen LogP) is 0.795. The zero-order valence-electron chi connectivity index (χ0n) is 13.1. The lowest BCUT2D eigenvalue weighted by Crippen LogP contribution is -2.44. The average Bonchev–Trinajstić information content (AvgIpc) is 2.78. The van der Waals surface area contributed by atoms with Crippen molar-refractivity contribution >= 4 is 15.8 Å². The third kappa shape index (κ3) is 3.32. The van der Waals surface area contributed by atoms with Crippen LogP contribution in [0.3, 0.4) is 0 Å². The van der Waals surface area contributed by atoms with E-state index in [9.17, 15) is 8.42 Å². The molecule has 124 valence electrons. The van der Waals surface area contributed by atoms with E-state index in [1.807, 2.05) is 6.92 Å². The van der Waals surface area contributed by atoms with Gasteiger partial charge in [0, 0.05) is 12.6 Å². The molecule has 0 bridgehead atoms. The van der Waals surface area contributed by atoms with Gasteiger partial charge in [-0.25, -0.2) is 23.0 Å². The van der Waals surface area contributed by atoms with Crippen LogP contribution in [0.1, 0.15) is 35.4 Å². The summed E-state index contributed by atoms with van der Waals surface area (Å²) in [6.45, 7) is 4.54. The average molecular weight is 338 g/mol. The number of aryl methyl sites for hydroxylation is 2. The molecule has 1 N–H and O–H groups in total. The van der Waals surface area contributed by atoms with Gasteiger partial charge in [-0.15, -0.1) is 0 Å². The molecule has 0 aliphatic carbocycles. The summed E-state index contributed by atoms with van der Waals surface area (Å²) in [7, 11) is -3.22. The molecule has 10 heteroatoms. The Bertz CT molecular complexity index is 819. The summed E-state index contributed by atoms with van der Waals surface area (Å²) < 4.78 is 29.6. The van der Waals surface area contributed by atoms with Crippen molar-refractivity contribution in [1.29, 1.82) is 0 Å². The Balaban J connectivity index is 1.78. The fraction of sp³-hybridized carbons (Fsp3) is 0.538. The number of nitrogens with zero attached hydrogens (tertiary/aromatic N) is 5. The van der Waals surface area contributed by atoms with Crippen LogP contribution in [-0.2, 0) is 16.6 Å². The largest absolute Gasteiger partial charge is 0.364 e. The molecule has 2 aromatic heterocycles. The number of hydrogen-bond acceptors (Lipinski definition) is 8. The van der Waals surface area contributed by atoms with Gasteiger partial charge in [0.1, 0.15) is 23.0 Å². The van der Waals surface area contributed by atoms with Crippen molar-refractivity contribution in [1.82, 2.24) is 24.6 Å². The standard InChI is InChI=1S/C13H18N6O3S/c1-8-11(18-22-17-8)7-14-13-6-10(15-9(2)16-13)12-4-5-19(12)23(3,20)21/h6,12H,4-5,7H2,1-3H3,(H,14,15,16)/t12-/m0/s1. The van der Waals surface area contributed by atoms with Gasteiger partial charge in [0.25, 0.3) is 0 Å². The number of rotatable bonds is 5. The van der Waals surface area contributed by atoms with E-state index in [2.05, 4.69) is 30.2 Å². The Hall–Kier alpha value is -2.07. The lowest BCUT2D eigenvalue weighted by Gasteiger charge is -2.38. The molecule has 3 heterocycles. The van der Waals surface area contributed by atoms with Gasteiger partial charge < -0.3 is 5.32 Å². The van der Waals surface area contributed by atoms with E-state index in [1.165, 1.54) is 10.6 Å². The van der Waals surface area contributed by atoms with E-state index < -0.39 is 10.0 Å². The van der Waals surface area contributed by atoms with Crippen LogP contribution in [0, 0.1) is 13.8 Å². The van der Waals surface area contributed by atoms with E-state index in [0.29, 0.717) is 41.8 Å². The molecule has 0 amide bonds. The van der Waals surface area contributed by atoms with Crippen molar-refractivity contribution < 1.29 is 13.0 Å². The van der Waals surface area contributed by atoms with Crippen LogP contribution >= 0.6 is 0 Å². The highest BCUT2D eigenvalue weighted by Gasteiger charge is 2.37. The fourth-order valence-electron chi connectivity index (χ4n) is 2.49. The van der Waals surface area contributed by atoms with Gasteiger partial charge in [0.2, 0.25) is 10.0 Å². The summed E-state index contributed by atoms with van der Waals surface area (Å²) in [5.74, 6) is 1.20. The normalized spacial score (nSPS) is 18.7. The van der Waals surface area contributed by atoms with Gasteiger partial charge >= 0.3 is 0 Å². The molecule has 0 unspecified atom stereocenters. The number of sulfonamides is 1. The molecule has 1 aliphatic heterocycles. The Morgan fingerprint density at radius 1 is 1.35 bits per heavy atom. The summed E-state index contributed by atoms with van der Waals surface area (Å²) in [6.07, 6.45) is 1.97. The predicted molar refractivity (Wildman–Crippen MR) is 82.0 cm³/mol. The number of anilines is 1. The SMILES string of the molecule is Cc1nc(NCc2nonc2C)cc([C@@H]2CCN2S(C)(=O)=O)n1.